The number of anilines is 1. The Hall–Kier alpha value is -2.07. The average molecular weight is 276 g/mol. The van der Waals surface area contributed by atoms with Gasteiger partial charge in [-0.25, -0.2) is 9.37 Å². The number of hydrogen-bond acceptors (Lipinski definition) is 2. The van der Waals surface area contributed by atoms with Gasteiger partial charge in [0.2, 0.25) is 5.95 Å². The number of fused-ring (bicyclic) bond motifs is 1. The third kappa shape index (κ3) is 1.94. The lowest BCUT2D eigenvalue weighted by Crippen LogP contribution is -2.01. The van der Waals surface area contributed by atoms with Gasteiger partial charge in [-0.05, 0) is 48.9 Å². The van der Waals surface area contributed by atoms with E-state index >= 15 is 0 Å². The predicted octanol–water partition coefficient (Wildman–Crippen LogP) is 3.71. The van der Waals surface area contributed by atoms with E-state index < -0.39 is 0 Å². The monoisotopic (exact) mass is 275 g/mol. The summed E-state index contributed by atoms with van der Waals surface area (Å²) < 4.78 is 15.1. The molecule has 3 aromatic rings. The maximum Gasteiger partial charge on any atom is 0.205 e. The molecule has 0 aliphatic carbocycles. The Morgan fingerprint density at radius 1 is 1.21 bits per heavy atom. The number of hydrogen-bond donors (Lipinski definition) is 1. The highest BCUT2D eigenvalue weighted by atomic mass is 35.5. The van der Waals surface area contributed by atoms with Gasteiger partial charge in [-0.1, -0.05) is 11.6 Å². The van der Waals surface area contributed by atoms with Gasteiger partial charge in [-0.15, -0.1) is 0 Å². The largest absolute Gasteiger partial charge is 0.369 e. The summed E-state index contributed by atoms with van der Waals surface area (Å²) in [6.07, 6.45) is 0. The van der Waals surface area contributed by atoms with E-state index in [4.69, 9.17) is 17.3 Å². The Bertz CT molecular complexity index is 780. The minimum Gasteiger partial charge on any atom is -0.369 e. The van der Waals surface area contributed by atoms with Crippen molar-refractivity contribution in [2.45, 2.75) is 6.92 Å². The molecule has 96 valence electrons. The molecule has 1 aromatic heterocycles. The van der Waals surface area contributed by atoms with E-state index in [0.29, 0.717) is 16.5 Å². The molecule has 0 saturated carbocycles. The van der Waals surface area contributed by atoms with Gasteiger partial charge in [0.1, 0.15) is 5.82 Å². The van der Waals surface area contributed by atoms with Crippen LogP contribution in [0.15, 0.2) is 36.4 Å². The lowest BCUT2D eigenvalue weighted by Gasteiger charge is -2.08. The zero-order valence-corrected chi connectivity index (χ0v) is 10.9. The number of aryl methyl sites for hydroxylation is 1. The van der Waals surface area contributed by atoms with Crippen LogP contribution in [0.1, 0.15) is 5.56 Å². The lowest BCUT2D eigenvalue weighted by atomic mass is 10.2. The van der Waals surface area contributed by atoms with Crippen LogP contribution in [-0.2, 0) is 0 Å². The number of aromatic nitrogens is 2. The summed E-state index contributed by atoms with van der Waals surface area (Å²) in [6.45, 7) is 1.71. The lowest BCUT2D eigenvalue weighted by molar-refractivity contribution is 0.618. The number of rotatable bonds is 1. The smallest absolute Gasteiger partial charge is 0.205 e. The number of benzene rings is 2. The summed E-state index contributed by atoms with van der Waals surface area (Å²) >= 11 is 6.00. The Morgan fingerprint density at radius 3 is 2.74 bits per heavy atom. The molecular weight excluding hydrogens is 265 g/mol. The summed E-state index contributed by atoms with van der Waals surface area (Å²) in [5.41, 5.74) is 8.82. The molecule has 2 N–H and O–H groups in total. The second-order valence-corrected chi connectivity index (χ2v) is 4.81. The SMILES string of the molecule is Cc1cc(-n2c(N)nc3ccc(Cl)cc32)ccc1F. The van der Waals surface area contributed by atoms with Crippen LogP contribution in [0.5, 0.6) is 0 Å². The summed E-state index contributed by atoms with van der Waals surface area (Å²) in [5, 5.41) is 0.604. The minimum atomic E-state index is -0.246. The van der Waals surface area contributed by atoms with Gasteiger partial charge >= 0.3 is 0 Å². The van der Waals surface area contributed by atoms with Gasteiger partial charge in [-0.3, -0.25) is 4.57 Å². The van der Waals surface area contributed by atoms with Gasteiger partial charge in [0.25, 0.3) is 0 Å². The van der Waals surface area contributed by atoms with E-state index in [2.05, 4.69) is 4.98 Å². The van der Waals surface area contributed by atoms with Crippen LogP contribution in [0.3, 0.4) is 0 Å². The normalized spacial score (nSPS) is 11.1. The molecule has 0 atom stereocenters. The molecule has 0 aliphatic rings. The van der Waals surface area contributed by atoms with Gasteiger partial charge in [0.15, 0.2) is 0 Å². The van der Waals surface area contributed by atoms with Crippen molar-refractivity contribution in [2.24, 2.45) is 0 Å². The van der Waals surface area contributed by atoms with Crippen LogP contribution in [0.25, 0.3) is 16.7 Å². The van der Waals surface area contributed by atoms with E-state index in [-0.39, 0.29) is 5.82 Å². The second-order valence-electron chi connectivity index (χ2n) is 4.37. The second kappa shape index (κ2) is 4.24. The molecule has 19 heavy (non-hydrogen) atoms. The van der Waals surface area contributed by atoms with Crippen LogP contribution in [0, 0.1) is 12.7 Å². The standard InChI is InChI=1S/C14H11ClFN3/c1-8-6-10(3-4-11(8)16)19-13-7-9(15)2-5-12(13)18-14(19)17/h2-7H,1H3,(H2,17,18). The third-order valence-corrected chi connectivity index (χ3v) is 3.28. The molecule has 3 nitrogen and oxygen atoms in total. The van der Waals surface area contributed by atoms with Crippen LogP contribution in [0.2, 0.25) is 5.02 Å². The Balaban J connectivity index is 2.31. The molecule has 1 heterocycles. The van der Waals surface area contributed by atoms with Crippen molar-refractivity contribution in [3.63, 3.8) is 0 Å². The van der Waals surface area contributed by atoms with Crippen LogP contribution in [0.4, 0.5) is 10.3 Å². The van der Waals surface area contributed by atoms with E-state index in [1.165, 1.54) is 6.07 Å². The molecule has 0 saturated heterocycles. The molecule has 0 unspecified atom stereocenters. The summed E-state index contributed by atoms with van der Waals surface area (Å²) in [4.78, 5) is 4.27. The maximum atomic E-state index is 13.3. The van der Waals surface area contributed by atoms with Gasteiger partial charge < -0.3 is 5.73 Å². The number of nitrogen functional groups attached to an aromatic ring is 1. The first kappa shape index (κ1) is 12.0. The van der Waals surface area contributed by atoms with Crippen LogP contribution in [-0.4, -0.2) is 9.55 Å². The number of halogens is 2. The number of imidazole rings is 1. The van der Waals surface area contributed by atoms with E-state index in [1.54, 1.807) is 41.8 Å². The first-order valence-electron chi connectivity index (χ1n) is 5.76. The molecule has 2 aromatic carbocycles. The first-order chi connectivity index (χ1) is 9.06. The molecule has 0 spiro atoms. The molecule has 0 fully saturated rings. The number of nitrogens with two attached hydrogens (primary N) is 1. The molecule has 0 bridgehead atoms. The first-order valence-corrected chi connectivity index (χ1v) is 6.14. The molecule has 0 radical (unpaired) electrons. The average Bonchev–Trinajstić information content (AvgIpc) is 2.68. The highest BCUT2D eigenvalue weighted by molar-refractivity contribution is 6.31. The highest BCUT2D eigenvalue weighted by Crippen LogP contribution is 2.26. The third-order valence-electron chi connectivity index (χ3n) is 3.04. The fourth-order valence-electron chi connectivity index (χ4n) is 2.11. The fraction of sp³-hybridized carbons (Fsp3) is 0.0714. The predicted molar refractivity (Wildman–Crippen MR) is 75.2 cm³/mol. The van der Waals surface area contributed by atoms with Crippen molar-refractivity contribution in [2.75, 3.05) is 5.73 Å². The van der Waals surface area contributed by atoms with E-state index in [9.17, 15) is 4.39 Å². The summed E-state index contributed by atoms with van der Waals surface area (Å²) in [5.74, 6) is 0.105. The van der Waals surface area contributed by atoms with Gasteiger partial charge in [0, 0.05) is 10.7 Å². The van der Waals surface area contributed by atoms with E-state index in [0.717, 1.165) is 16.7 Å². The molecule has 0 amide bonds. The molecular formula is C14H11ClFN3. The molecule has 3 rings (SSSR count). The number of nitrogens with zero attached hydrogens (tertiary/aromatic N) is 2. The van der Waals surface area contributed by atoms with Crippen LogP contribution >= 0.6 is 11.6 Å². The van der Waals surface area contributed by atoms with Crippen LogP contribution < -0.4 is 5.73 Å². The quantitative estimate of drug-likeness (QED) is 0.736. The zero-order chi connectivity index (χ0) is 13.6. The van der Waals surface area contributed by atoms with Crippen molar-refractivity contribution >= 4 is 28.6 Å². The van der Waals surface area contributed by atoms with Crippen molar-refractivity contribution in [1.29, 1.82) is 0 Å². The van der Waals surface area contributed by atoms with Gasteiger partial charge in [0.05, 0.1) is 11.0 Å². The van der Waals surface area contributed by atoms with Crippen molar-refractivity contribution < 1.29 is 4.39 Å². The fourth-order valence-corrected chi connectivity index (χ4v) is 2.27. The zero-order valence-electron chi connectivity index (χ0n) is 10.2. The topological polar surface area (TPSA) is 43.8 Å². The molecule has 5 heteroatoms. The Kier molecular flexibility index (Phi) is 2.68. The highest BCUT2D eigenvalue weighted by Gasteiger charge is 2.11. The Morgan fingerprint density at radius 2 is 2.00 bits per heavy atom. The van der Waals surface area contributed by atoms with E-state index in [1.807, 2.05) is 0 Å². The van der Waals surface area contributed by atoms with Gasteiger partial charge in [-0.2, -0.15) is 0 Å². The minimum absolute atomic E-state index is 0.246. The van der Waals surface area contributed by atoms with Crippen molar-refractivity contribution in [3.8, 4) is 5.69 Å². The molecule has 0 aliphatic heterocycles. The maximum absolute atomic E-state index is 13.3. The summed E-state index contributed by atoms with van der Waals surface area (Å²) in [7, 11) is 0. The van der Waals surface area contributed by atoms with Crippen molar-refractivity contribution in [3.05, 3.63) is 52.8 Å². The summed E-state index contributed by atoms with van der Waals surface area (Å²) in [6, 6.07) is 10.2. The Labute approximate surface area is 114 Å². The van der Waals surface area contributed by atoms with Crippen molar-refractivity contribution in [1.82, 2.24) is 9.55 Å².